The van der Waals surface area contributed by atoms with E-state index in [0.29, 0.717) is 11.3 Å². The summed E-state index contributed by atoms with van der Waals surface area (Å²) < 4.78 is 26.4. The van der Waals surface area contributed by atoms with Crippen LogP contribution in [-0.4, -0.2) is 47.9 Å². The van der Waals surface area contributed by atoms with Crippen molar-refractivity contribution in [3.8, 4) is 0 Å². The molecule has 0 aromatic carbocycles. The third-order valence-electron chi connectivity index (χ3n) is 2.40. The van der Waals surface area contributed by atoms with Crippen molar-refractivity contribution < 1.29 is 23.1 Å². The summed E-state index contributed by atoms with van der Waals surface area (Å²) in [5, 5.41) is 11.1. The highest BCUT2D eigenvalue weighted by Gasteiger charge is 2.23. The first-order chi connectivity index (χ1) is 11.7. The number of guanidine groups is 1. The van der Waals surface area contributed by atoms with Crippen molar-refractivity contribution in [2.24, 2.45) is 16.5 Å². The van der Waals surface area contributed by atoms with Gasteiger partial charge in [0.05, 0.1) is 11.7 Å². The molecular formula is C10H11N7O5S3. The number of anilines is 2. The van der Waals surface area contributed by atoms with Crippen molar-refractivity contribution in [2.45, 2.75) is 4.21 Å². The number of nitrogens with zero attached hydrogens (tertiary/aromatic N) is 3. The molecule has 2 heterocycles. The number of carbonyl (C=O) groups is 2. The van der Waals surface area contributed by atoms with Crippen molar-refractivity contribution in [3.05, 3.63) is 17.4 Å². The first-order valence-electron chi connectivity index (χ1n) is 6.19. The Morgan fingerprint density at radius 2 is 2.04 bits per heavy atom. The zero-order valence-electron chi connectivity index (χ0n) is 12.2. The minimum atomic E-state index is -4.09. The van der Waals surface area contributed by atoms with Gasteiger partial charge in [-0.2, -0.15) is 0 Å². The van der Waals surface area contributed by atoms with Crippen LogP contribution >= 0.6 is 22.7 Å². The Kier molecular flexibility index (Phi) is 5.50. The number of carboxylic acid groups (broad SMARTS) is 1. The van der Waals surface area contributed by atoms with E-state index in [4.69, 9.17) is 16.6 Å². The van der Waals surface area contributed by atoms with Crippen molar-refractivity contribution in [1.29, 1.82) is 0 Å². The van der Waals surface area contributed by atoms with E-state index in [1.807, 2.05) is 0 Å². The molecule has 15 heteroatoms. The second-order valence-electron chi connectivity index (χ2n) is 4.21. The second-order valence-corrected chi connectivity index (χ2v) is 8.01. The standard InChI is InChI=1S/C10H11N7O5S3/c11-9(12)13-1-4(18)16-10-14-2-5(24-10)25(21,22)17-7-6(8(19)20)15-3-23-7/h2-3,17H,1H2,(H,19,20)(H4,11,12,13)(H,14,16,18). The molecule has 0 aliphatic rings. The topological polar surface area (TPSA) is 203 Å². The highest BCUT2D eigenvalue weighted by Crippen LogP contribution is 2.28. The average Bonchev–Trinajstić information content (AvgIpc) is 3.14. The van der Waals surface area contributed by atoms with Gasteiger partial charge in [-0.3, -0.25) is 9.52 Å². The maximum atomic E-state index is 12.3. The largest absolute Gasteiger partial charge is 0.476 e. The maximum Gasteiger partial charge on any atom is 0.357 e. The van der Waals surface area contributed by atoms with Crippen LogP contribution < -0.4 is 21.5 Å². The van der Waals surface area contributed by atoms with Gasteiger partial charge >= 0.3 is 5.97 Å². The molecule has 0 atom stereocenters. The van der Waals surface area contributed by atoms with Crippen LogP contribution in [0, 0.1) is 0 Å². The number of carbonyl (C=O) groups excluding carboxylic acids is 1. The number of hydrogen-bond acceptors (Lipinski definition) is 9. The smallest absolute Gasteiger partial charge is 0.357 e. The minimum absolute atomic E-state index is 0.0129. The molecule has 2 rings (SSSR count). The number of nitrogens with one attached hydrogen (secondary N) is 2. The molecule has 25 heavy (non-hydrogen) atoms. The van der Waals surface area contributed by atoms with Crippen LogP contribution in [-0.2, 0) is 14.8 Å². The number of aliphatic imine (C=N–C) groups is 1. The van der Waals surface area contributed by atoms with Crippen LogP contribution in [0.4, 0.5) is 10.1 Å². The van der Waals surface area contributed by atoms with E-state index in [2.05, 4.69) is 25.0 Å². The number of sulfonamides is 1. The van der Waals surface area contributed by atoms with Gasteiger partial charge in [-0.25, -0.2) is 28.2 Å². The van der Waals surface area contributed by atoms with Crippen molar-refractivity contribution in [2.75, 3.05) is 16.6 Å². The van der Waals surface area contributed by atoms with Gasteiger partial charge in [0.2, 0.25) is 5.91 Å². The van der Waals surface area contributed by atoms with Gasteiger partial charge in [-0.1, -0.05) is 11.3 Å². The van der Waals surface area contributed by atoms with E-state index in [1.54, 1.807) is 0 Å². The van der Waals surface area contributed by atoms with Gasteiger partial charge in [0.1, 0.15) is 11.5 Å². The first kappa shape index (κ1) is 18.6. The molecular weight excluding hydrogens is 394 g/mol. The molecule has 12 nitrogen and oxygen atoms in total. The Balaban J connectivity index is 2.12. The molecule has 0 unspecified atom stereocenters. The molecule has 2 aromatic heterocycles. The van der Waals surface area contributed by atoms with Gasteiger partial charge in [0, 0.05) is 0 Å². The van der Waals surface area contributed by atoms with Crippen LogP contribution in [0.5, 0.6) is 0 Å². The Morgan fingerprint density at radius 1 is 1.32 bits per heavy atom. The highest BCUT2D eigenvalue weighted by atomic mass is 32.2. The predicted molar refractivity (Wildman–Crippen MR) is 91.3 cm³/mol. The van der Waals surface area contributed by atoms with Crippen LogP contribution in [0.2, 0.25) is 0 Å². The quantitative estimate of drug-likeness (QED) is 0.292. The third-order valence-corrected chi connectivity index (χ3v) is 5.99. The van der Waals surface area contributed by atoms with Gasteiger partial charge in [0.15, 0.2) is 21.0 Å². The van der Waals surface area contributed by atoms with Gasteiger partial charge in [-0.15, -0.1) is 11.3 Å². The first-order valence-corrected chi connectivity index (χ1v) is 9.37. The van der Waals surface area contributed by atoms with Crippen molar-refractivity contribution in [1.82, 2.24) is 9.97 Å². The van der Waals surface area contributed by atoms with E-state index < -0.39 is 27.6 Å². The van der Waals surface area contributed by atoms with E-state index in [9.17, 15) is 18.0 Å². The molecule has 0 aliphatic carbocycles. The number of carboxylic acids is 1. The number of amides is 1. The molecule has 1 amide bonds. The summed E-state index contributed by atoms with van der Waals surface area (Å²) in [6.45, 7) is -0.342. The average molecular weight is 405 g/mol. The third kappa shape index (κ3) is 4.85. The zero-order valence-corrected chi connectivity index (χ0v) is 14.6. The number of nitrogens with two attached hydrogens (primary N) is 2. The van der Waals surface area contributed by atoms with E-state index in [-0.39, 0.29) is 26.8 Å². The number of aromatic carboxylic acids is 1. The highest BCUT2D eigenvalue weighted by molar-refractivity contribution is 7.95. The Bertz CT molecular complexity index is 928. The van der Waals surface area contributed by atoms with Crippen LogP contribution in [0.15, 0.2) is 20.9 Å². The lowest BCUT2D eigenvalue weighted by atomic mass is 10.5. The Labute approximate surface area is 148 Å². The monoisotopic (exact) mass is 405 g/mol. The summed E-state index contributed by atoms with van der Waals surface area (Å²) in [6, 6.07) is 0. The van der Waals surface area contributed by atoms with Crippen molar-refractivity contribution >= 4 is 60.7 Å². The summed E-state index contributed by atoms with van der Waals surface area (Å²) in [5.74, 6) is -2.22. The molecule has 0 saturated heterocycles. The fourth-order valence-electron chi connectivity index (χ4n) is 1.41. The predicted octanol–water partition coefficient (Wildman–Crippen LogP) is -0.690. The summed E-state index contributed by atoms with van der Waals surface area (Å²) in [6.07, 6.45) is 1.02. The lowest BCUT2D eigenvalue weighted by Crippen LogP contribution is -2.25. The molecule has 0 aliphatic heterocycles. The normalized spacial score (nSPS) is 10.9. The number of aromatic nitrogens is 2. The molecule has 0 radical (unpaired) electrons. The lowest BCUT2D eigenvalue weighted by molar-refractivity contribution is -0.114. The molecule has 0 fully saturated rings. The molecule has 0 spiro atoms. The summed E-state index contributed by atoms with van der Waals surface area (Å²) in [4.78, 5) is 33.3. The fourth-order valence-corrected chi connectivity index (χ4v) is 4.44. The Hall–Kier alpha value is -2.78. The van der Waals surface area contributed by atoms with Crippen LogP contribution in [0.1, 0.15) is 10.5 Å². The van der Waals surface area contributed by atoms with Gasteiger partial charge in [0.25, 0.3) is 10.0 Å². The van der Waals surface area contributed by atoms with Gasteiger partial charge < -0.3 is 21.9 Å². The SMILES string of the molecule is NC(N)=NCC(=O)Nc1ncc(S(=O)(=O)Nc2scnc2C(=O)O)s1. The van der Waals surface area contributed by atoms with Crippen LogP contribution in [0.3, 0.4) is 0 Å². The summed E-state index contributed by atoms with van der Waals surface area (Å²) in [7, 11) is -4.09. The van der Waals surface area contributed by atoms with Crippen molar-refractivity contribution in [3.63, 3.8) is 0 Å². The molecule has 2 aromatic rings. The summed E-state index contributed by atoms with van der Waals surface area (Å²) in [5.41, 5.74) is 11.0. The van der Waals surface area contributed by atoms with E-state index >= 15 is 0 Å². The zero-order chi connectivity index (χ0) is 18.6. The Morgan fingerprint density at radius 3 is 2.68 bits per heavy atom. The maximum absolute atomic E-state index is 12.3. The molecule has 134 valence electrons. The summed E-state index contributed by atoms with van der Waals surface area (Å²) >= 11 is 1.49. The van der Waals surface area contributed by atoms with Crippen LogP contribution in [0.25, 0.3) is 0 Å². The fraction of sp³-hybridized carbons (Fsp3) is 0.100. The van der Waals surface area contributed by atoms with Gasteiger partial charge in [-0.05, 0) is 0 Å². The second kappa shape index (κ2) is 7.41. The molecule has 0 saturated carbocycles. The number of rotatable bonds is 7. The molecule has 0 bridgehead atoms. The lowest BCUT2D eigenvalue weighted by Gasteiger charge is -2.03. The van der Waals surface area contributed by atoms with E-state index in [1.165, 1.54) is 5.51 Å². The van der Waals surface area contributed by atoms with E-state index in [0.717, 1.165) is 17.5 Å². The minimum Gasteiger partial charge on any atom is -0.476 e. The number of hydrogen-bond donors (Lipinski definition) is 5. The number of thiazole rings is 2. The molecule has 7 N–H and O–H groups in total.